The number of amides is 1. The van der Waals surface area contributed by atoms with E-state index in [-0.39, 0.29) is 23.6 Å². The van der Waals surface area contributed by atoms with E-state index in [1.54, 1.807) is 12.3 Å². The van der Waals surface area contributed by atoms with Gasteiger partial charge in [0.05, 0.1) is 18.3 Å². The fourth-order valence-corrected chi connectivity index (χ4v) is 3.69. The molecule has 1 amide bonds. The highest BCUT2D eigenvalue weighted by Gasteiger charge is 2.29. The molecule has 8 heteroatoms. The molecule has 0 radical (unpaired) electrons. The molecule has 3 atom stereocenters. The number of fused-ring (bicyclic) bond motifs is 1. The molecule has 27 heavy (non-hydrogen) atoms. The van der Waals surface area contributed by atoms with Gasteiger partial charge in [-0.25, -0.2) is 4.98 Å². The lowest BCUT2D eigenvalue weighted by molar-refractivity contribution is 0.0712. The fraction of sp³-hybridized carbons (Fsp3) is 0.526. The Morgan fingerprint density at radius 3 is 2.93 bits per heavy atom. The first-order chi connectivity index (χ1) is 13.1. The smallest absolute Gasteiger partial charge is 0.270 e. The minimum Gasteiger partial charge on any atom is -0.484 e. The zero-order valence-corrected chi connectivity index (χ0v) is 15.3. The van der Waals surface area contributed by atoms with Crippen molar-refractivity contribution in [2.24, 2.45) is 0 Å². The van der Waals surface area contributed by atoms with Gasteiger partial charge in [0.2, 0.25) is 0 Å². The summed E-state index contributed by atoms with van der Waals surface area (Å²) < 4.78 is 11.4. The highest BCUT2D eigenvalue weighted by atomic mass is 16.6. The first-order valence-electron chi connectivity index (χ1n) is 9.41. The molecular weight excluding hydrogens is 348 g/mol. The second-order valence-electron chi connectivity index (χ2n) is 7.11. The Balaban J connectivity index is 1.64. The average Bonchev–Trinajstić information content (AvgIpc) is 3.23. The highest BCUT2D eigenvalue weighted by Crippen LogP contribution is 2.39. The summed E-state index contributed by atoms with van der Waals surface area (Å²) in [6, 6.07) is 1.51. The third-order valence-electron chi connectivity index (χ3n) is 5.30. The number of rotatable bonds is 4. The van der Waals surface area contributed by atoms with Crippen LogP contribution in [0.15, 0.2) is 18.5 Å². The molecule has 1 aliphatic heterocycles. The molecule has 2 aliphatic rings. The van der Waals surface area contributed by atoms with Gasteiger partial charge in [-0.15, -0.1) is 0 Å². The van der Waals surface area contributed by atoms with Gasteiger partial charge in [-0.1, -0.05) is 19.8 Å². The van der Waals surface area contributed by atoms with Crippen LogP contribution >= 0.6 is 0 Å². The van der Waals surface area contributed by atoms with E-state index in [0.717, 1.165) is 30.4 Å². The largest absolute Gasteiger partial charge is 0.484 e. The Morgan fingerprint density at radius 2 is 2.15 bits per heavy atom. The Bertz CT molecular complexity index is 808. The van der Waals surface area contributed by atoms with Gasteiger partial charge in [0.1, 0.15) is 18.9 Å². The van der Waals surface area contributed by atoms with E-state index in [0.29, 0.717) is 31.3 Å². The predicted octanol–water partition coefficient (Wildman–Crippen LogP) is 1.76. The molecule has 144 valence electrons. The number of hydrogen-bond donors (Lipinski definition) is 3. The van der Waals surface area contributed by atoms with E-state index >= 15 is 0 Å². The standard InChI is InChI=1S/C19H24N4O4/c1-11(12-9-20-21-10-12)13-8-15(23-19-17(13)26-6-7-27-19)18(25)22-14-4-2-3-5-16(14)24/h8-11,14,16,24H,2-7H2,1H3,(H,20,21)(H,22,25)/t11?,14-,16-/m0/s1. The van der Waals surface area contributed by atoms with E-state index < -0.39 is 6.10 Å². The zero-order valence-electron chi connectivity index (χ0n) is 15.3. The number of H-pyrrole nitrogens is 1. The number of aromatic nitrogens is 3. The molecule has 0 spiro atoms. The molecule has 4 rings (SSSR count). The van der Waals surface area contributed by atoms with Gasteiger partial charge >= 0.3 is 0 Å². The van der Waals surface area contributed by atoms with Crippen LogP contribution < -0.4 is 14.8 Å². The number of ether oxygens (including phenoxy) is 2. The van der Waals surface area contributed by atoms with Crippen molar-refractivity contribution in [3.63, 3.8) is 0 Å². The molecule has 3 N–H and O–H groups in total. The molecule has 1 saturated carbocycles. The van der Waals surface area contributed by atoms with Crippen LogP contribution in [0, 0.1) is 0 Å². The van der Waals surface area contributed by atoms with E-state index in [1.807, 2.05) is 13.1 Å². The summed E-state index contributed by atoms with van der Waals surface area (Å²) in [5.41, 5.74) is 2.07. The monoisotopic (exact) mass is 372 g/mol. The van der Waals surface area contributed by atoms with Crippen LogP contribution in [0.2, 0.25) is 0 Å². The van der Waals surface area contributed by atoms with Crippen LogP contribution in [-0.4, -0.2) is 51.6 Å². The first-order valence-corrected chi connectivity index (χ1v) is 9.41. The quantitative estimate of drug-likeness (QED) is 0.754. The molecule has 1 fully saturated rings. The van der Waals surface area contributed by atoms with Crippen molar-refractivity contribution in [1.29, 1.82) is 0 Å². The Kier molecular flexibility index (Phi) is 4.98. The topological polar surface area (TPSA) is 109 Å². The lowest BCUT2D eigenvalue weighted by Gasteiger charge is -2.28. The second kappa shape index (κ2) is 7.56. The van der Waals surface area contributed by atoms with Crippen LogP contribution in [0.3, 0.4) is 0 Å². The Hall–Kier alpha value is -2.61. The number of pyridine rings is 1. The number of carbonyl (C=O) groups is 1. The number of aliphatic hydroxyl groups is 1. The summed E-state index contributed by atoms with van der Waals surface area (Å²) in [4.78, 5) is 17.2. The van der Waals surface area contributed by atoms with E-state index in [9.17, 15) is 9.90 Å². The second-order valence-corrected chi connectivity index (χ2v) is 7.11. The minimum absolute atomic E-state index is 0.0472. The summed E-state index contributed by atoms with van der Waals surface area (Å²) in [5.74, 6) is 0.556. The van der Waals surface area contributed by atoms with Gasteiger partial charge in [-0.2, -0.15) is 5.10 Å². The lowest BCUT2D eigenvalue weighted by atomic mass is 9.92. The van der Waals surface area contributed by atoms with E-state index in [2.05, 4.69) is 20.5 Å². The maximum Gasteiger partial charge on any atom is 0.270 e. The normalized spacial score (nSPS) is 22.9. The summed E-state index contributed by atoms with van der Waals surface area (Å²) in [6.45, 7) is 2.86. The van der Waals surface area contributed by atoms with Gasteiger partial charge in [-0.3, -0.25) is 9.89 Å². The summed E-state index contributed by atoms with van der Waals surface area (Å²) in [5, 5.41) is 19.9. The zero-order chi connectivity index (χ0) is 18.8. The first kappa shape index (κ1) is 17.8. The van der Waals surface area contributed by atoms with Crippen LogP contribution in [0.25, 0.3) is 0 Å². The number of hydrogen-bond acceptors (Lipinski definition) is 6. The molecule has 8 nitrogen and oxygen atoms in total. The van der Waals surface area contributed by atoms with E-state index in [1.165, 1.54) is 0 Å². The van der Waals surface area contributed by atoms with Gasteiger partial charge in [0.15, 0.2) is 5.75 Å². The number of aliphatic hydroxyl groups excluding tert-OH is 1. The highest BCUT2D eigenvalue weighted by molar-refractivity contribution is 5.93. The SMILES string of the molecule is CC(c1cn[nH]c1)c1cc(C(=O)N[C@H]2CCCC[C@@H]2O)nc2c1OCCO2. The average molecular weight is 372 g/mol. The molecule has 1 unspecified atom stereocenters. The number of aromatic amines is 1. The number of nitrogens with zero attached hydrogens (tertiary/aromatic N) is 2. The summed E-state index contributed by atoms with van der Waals surface area (Å²) in [6.07, 6.45) is 6.53. The molecule has 0 saturated heterocycles. The van der Waals surface area contributed by atoms with Gasteiger partial charge in [0.25, 0.3) is 11.8 Å². The van der Waals surface area contributed by atoms with E-state index in [4.69, 9.17) is 9.47 Å². The minimum atomic E-state index is -0.510. The molecule has 2 aromatic rings. The van der Waals surface area contributed by atoms with Crippen molar-refractivity contribution in [1.82, 2.24) is 20.5 Å². The summed E-state index contributed by atoms with van der Waals surface area (Å²) in [7, 11) is 0. The van der Waals surface area contributed by atoms with Crippen molar-refractivity contribution >= 4 is 5.91 Å². The third-order valence-corrected chi connectivity index (χ3v) is 5.30. The maximum absolute atomic E-state index is 12.8. The van der Waals surface area contributed by atoms with Gasteiger partial charge in [0, 0.05) is 17.7 Å². The molecule has 0 bridgehead atoms. The fourth-order valence-electron chi connectivity index (χ4n) is 3.69. The van der Waals surface area contributed by atoms with Crippen LogP contribution in [-0.2, 0) is 0 Å². The van der Waals surface area contributed by atoms with Crippen molar-refractivity contribution in [3.8, 4) is 11.6 Å². The maximum atomic E-state index is 12.8. The van der Waals surface area contributed by atoms with Crippen molar-refractivity contribution in [2.75, 3.05) is 13.2 Å². The Morgan fingerprint density at radius 1 is 1.33 bits per heavy atom. The van der Waals surface area contributed by atoms with Crippen LogP contribution in [0.4, 0.5) is 0 Å². The van der Waals surface area contributed by atoms with Gasteiger partial charge < -0.3 is 19.9 Å². The summed E-state index contributed by atoms with van der Waals surface area (Å²) >= 11 is 0. The number of carbonyl (C=O) groups excluding carboxylic acids is 1. The predicted molar refractivity (Wildman–Crippen MR) is 97.1 cm³/mol. The number of nitrogens with one attached hydrogen (secondary N) is 2. The van der Waals surface area contributed by atoms with Gasteiger partial charge in [-0.05, 0) is 24.5 Å². The molecule has 0 aromatic carbocycles. The van der Waals surface area contributed by atoms with Crippen molar-refractivity contribution in [2.45, 2.75) is 50.7 Å². The van der Waals surface area contributed by atoms with Crippen molar-refractivity contribution in [3.05, 3.63) is 35.3 Å². The molecule has 1 aliphatic carbocycles. The molecule has 2 aromatic heterocycles. The Labute approximate surface area is 157 Å². The molecule has 3 heterocycles. The third kappa shape index (κ3) is 3.62. The van der Waals surface area contributed by atoms with Crippen molar-refractivity contribution < 1.29 is 19.4 Å². The lowest BCUT2D eigenvalue weighted by Crippen LogP contribution is -2.45. The molecular formula is C19H24N4O4. The van der Waals surface area contributed by atoms with Crippen LogP contribution in [0.1, 0.15) is 60.1 Å². The van der Waals surface area contributed by atoms with Crippen LogP contribution in [0.5, 0.6) is 11.6 Å².